The molecule has 0 unspecified atom stereocenters. The summed E-state index contributed by atoms with van der Waals surface area (Å²) in [5.74, 6) is 0.566. The quantitative estimate of drug-likeness (QED) is 0.905. The maximum atomic E-state index is 12.0. The first-order chi connectivity index (χ1) is 9.86. The molecule has 2 heterocycles. The van der Waals surface area contributed by atoms with E-state index in [4.69, 9.17) is 4.74 Å². The third-order valence-electron chi connectivity index (χ3n) is 3.36. The number of nitrogens with zero attached hydrogens (tertiary/aromatic N) is 2. The van der Waals surface area contributed by atoms with Crippen molar-refractivity contribution in [1.29, 1.82) is 0 Å². The Morgan fingerprint density at radius 1 is 1.43 bits per heavy atom. The van der Waals surface area contributed by atoms with Crippen LogP contribution in [0.4, 0.5) is 5.82 Å². The molecule has 1 aliphatic rings. The van der Waals surface area contributed by atoms with Gasteiger partial charge in [-0.05, 0) is 27.6 Å². The number of anilines is 1. The highest BCUT2D eigenvalue weighted by molar-refractivity contribution is 9.10. The van der Waals surface area contributed by atoms with E-state index in [-0.39, 0.29) is 5.91 Å². The zero-order chi connectivity index (χ0) is 15.5. The molecule has 0 bridgehead atoms. The average molecular weight is 356 g/mol. The highest BCUT2D eigenvalue weighted by Crippen LogP contribution is 2.22. The number of carbonyl (C=O) groups is 1. The summed E-state index contributed by atoms with van der Waals surface area (Å²) in [7, 11) is 0. The number of morpholine rings is 1. The van der Waals surface area contributed by atoms with E-state index in [1.54, 1.807) is 6.20 Å². The molecule has 1 amide bonds. The summed E-state index contributed by atoms with van der Waals surface area (Å²) in [6.07, 6.45) is 1.74. The van der Waals surface area contributed by atoms with Crippen LogP contribution in [-0.4, -0.2) is 42.1 Å². The number of hydrogen-bond acceptors (Lipinski definition) is 4. The fraction of sp³-hybridized carbons (Fsp3) is 0.600. The molecule has 0 spiro atoms. The van der Waals surface area contributed by atoms with Gasteiger partial charge in [-0.15, -0.1) is 0 Å². The summed E-state index contributed by atoms with van der Waals surface area (Å²) in [6, 6.07) is 1.93. The molecule has 0 aromatic carbocycles. The molecular weight excluding hydrogens is 334 g/mol. The van der Waals surface area contributed by atoms with E-state index < -0.39 is 5.41 Å². The van der Waals surface area contributed by atoms with Gasteiger partial charge in [0.05, 0.1) is 13.2 Å². The van der Waals surface area contributed by atoms with Gasteiger partial charge in [0.15, 0.2) is 0 Å². The van der Waals surface area contributed by atoms with E-state index in [1.807, 2.05) is 26.8 Å². The summed E-state index contributed by atoms with van der Waals surface area (Å²) in [5, 5.41) is 2.87. The third kappa shape index (κ3) is 4.76. The first-order valence-corrected chi connectivity index (χ1v) is 7.91. The molecule has 1 aliphatic heterocycles. The second-order valence-electron chi connectivity index (χ2n) is 6.25. The molecule has 2 rings (SSSR count). The number of rotatable bonds is 3. The normalized spacial score (nSPS) is 16.8. The van der Waals surface area contributed by atoms with Crippen LogP contribution < -0.4 is 5.32 Å². The van der Waals surface area contributed by atoms with Crippen molar-refractivity contribution in [3.05, 3.63) is 22.3 Å². The minimum absolute atomic E-state index is 0.0327. The van der Waals surface area contributed by atoms with Gasteiger partial charge in [-0.1, -0.05) is 20.8 Å². The van der Waals surface area contributed by atoms with Crippen LogP contribution in [-0.2, 0) is 16.1 Å². The standard InChI is InChI=1S/C15H22BrN3O2/c1-15(2,3)14(20)18-13-8-11(12(16)9-17-13)10-19-4-6-21-7-5-19/h8-9H,4-7,10H2,1-3H3,(H,17,18,20). The van der Waals surface area contributed by atoms with Gasteiger partial charge in [0.2, 0.25) is 5.91 Å². The first-order valence-electron chi connectivity index (χ1n) is 7.12. The highest BCUT2D eigenvalue weighted by atomic mass is 79.9. The number of aromatic nitrogens is 1. The minimum Gasteiger partial charge on any atom is -0.379 e. The lowest BCUT2D eigenvalue weighted by molar-refractivity contribution is -0.123. The van der Waals surface area contributed by atoms with Gasteiger partial charge in [-0.25, -0.2) is 4.98 Å². The van der Waals surface area contributed by atoms with Gasteiger partial charge >= 0.3 is 0 Å². The van der Waals surface area contributed by atoms with Gasteiger partial charge in [0.25, 0.3) is 0 Å². The predicted molar refractivity (Wildman–Crippen MR) is 86.1 cm³/mol. The maximum Gasteiger partial charge on any atom is 0.230 e. The zero-order valence-corrected chi connectivity index (χ0v) is 14.4. The van der Waals surface area contributed by atoms with E-state index in [1.165, 1.54) is 0 Å². The van der Waals surface area contributed by atoms with E-state index in [2.05, 4.69) is 31.1 Å². The topological polar surface area (TPSA) is 54.5 Å². The third-order valence-corrected chi connectivity index (χ3v) is 4.07. The van der Waals surface area contributed by atoms with Crippen LogP contribution in [0.1, 0.15) is 26.3 Å². The number of ether oxygens (including phenoxy) is 1. The minimum atomic E-state index is -0.431. The van der Waals surface area contributed by atoms with Crippen molar-refractivity contribution < 1.29 is 9.53 Å². The number of hydrogen-bond donors (Lipinski definition) is 1. The molecule has 5 nitrogen and oxygen atoms in total. The Kier molecular flexibility index (Phi) is 5.35. The molecule has 0 saturated carbocycles. The number of nitrogens with one attached hydrogen (secondary N) is 1. The Hall–Kier alpha value is -0.980. The molecule has 1 N–H and O–H groups in total. The largest absolute Gasteiger partial charge is 0.379 e. The lowest BCUT2D eigenvalue weighted by Crippen LogP contribution is -2.35. The highest BCUT2D eigenvalue weighted by Gasteiger charge is 2.22. The lowest BCUT2D eigenvalue weighted by Gasteiger charge is -2.27. The molecule has 1 aromatic heterocycles. The zero-order valence-electron chi connectivity index (χ0n) is 12.8. The van der Waals surface area contributed by atoms with Crippen LogP contribution in [0.15, 0.2) is 16.7 Å². The summed E-state index contributed by atoms with van der Waals surface area (Å²) in [6.45, 7) is 9.88. The van der Waals surface area contributed by atoms with Crippen molar-refractivity contribution in [1.82, 2.24) is 9.88 Å². The van der Waals surface area contributed by atoms with Crippen molar-refractivity contribution in [2.24, 2.45) is 5.41 Å². The van der Waals surface area contributed by atoms with Crippen LogP contribution in [0, 0.1) is 5.41 Å². The monoisotopic (exact) mass is 355 g/mol. The Bertz CT molecular complexity index is 508. The lowest BCUT2D eigenvalue weighted by atomic mass is 9.96. The SMILES string of the molecule is CC(C)(C)C(=O)Nc1cc(CN2CCOCC2)c(Br)cn1. The van der Waals surface area contributed by atoms with Crippen molar-refractivity contribution >= 4 is 27.7 Å². The molecular formula is C15H22BrN3O2. The molecule has 1 fully saturated rings. The number of amides is 1. The Balaban J connectivity index is 2.07. The van der Waals surface area contributed by atoms with Crippen molar-refractivity contribution in [3.8, 4) is 0 Å². The van der Waals surface area contributed by atoms with Crippen LogP contribution in [0.3, 0.4) is 0 Å². The molecule has 0 aliphatic carbocycles. The van der Waals surface area contributed by atoms with E-state index in [0.29, 0.717) is 5.82 Å². The van der Waals surface area contributed by atoms with Gasteiger partial charge in [-0.3, -0.25) is 9.69 Å². The number of halogens is 1. The molecule has 0 radical (unpaired) electrons. The summed E-state index contributed by atoms with van der Waals surface area (Å²) in [5.41, 5.74) is 0.690. The van der Waals surface area contributed by atoms with Crippen LogP contribution in [0.5, 0.6) is 0 Å². The Labute approximate surface area is 134 Å². The van der Waals surface area contributed by atoms with Crippen molar-refractivity contribution in [2.75, 3.05) is 31.6 Å². The van der Waals surface area contributed by atoms with E-state index in [9.17, 15) is 4.79 Å². The average Bonchev–Trinajstić information content (AvgIpc) is 2.42. The summed E-state index contributed by atoms with van der Waals surface area (Å²) in [4.78, 5) is 18.6. The van der Waals surface area contributed by atoms with Crippen LogP contribution in [0.2, 0.25) is 0 Å². The van der Waals surface area contributed by atoms with E-state index in [0.717, 1.165) is 42.9 Å². The molecule has 21 heavy (non-hydrogen) atoms. The summed E-state index contributed by atoms with van der Waals surface area (Å²) >= 11 is 3.53. The fourth-order valence-corrected chi connectivity index (χ4v) is 2.32. The molecule has 1 saturated heterocycles. The van der Waals surface area contributed by atoms with Crippen LogP contribution in [0.25, 0.3) is 0 Å². The number of pyridine rings is 1. The predicted octanol–water partition coefficient (Wildman–Crippen LogP) is 2.66. The van der Waals surface area contributed by atoms with Crippen molar-refractivity contribution in [2.45, 2.75) is 27.3 Å². The van der Waals surface area contributed by atoms with E-state index >= 15 is 0 Å². The second-order valence-corrected chi connectivity index (χ2v) is 7.11. The smallest absolute Gasteiger partial charge is 0.230 e. The van der Waals surface area contributed by atoms with Gasteiger partial charge in [0, 0.05) is 35.7 Å². The van der Waals surface area contributed by atoms with Crippen molar-refractivity contribution in [3.63, 3.8) is 0 Å². The molecule has 0 atom stereocenters. The second kappa shape index (κ2) is 6.85. The summed E-state index contributed by atoms with van der Waals surface area (Å²) < 4.78 is 6.32. The van der Waals surface area contributed by atoms with Gasteiger partial charge < -0.3 is 10.1 Å². The fourth-order valence-electron chi connectivity index (χ4n) is 1.97. The Morgan fingerprint density at radius 3 is 2.71 bits per heavy atom. The van der Waals surface area contributed by atoms with Gasteiger partial charge in [0.1, 0.15) is 5.82 Å². The molecule has 1 aromatic rings. The number of carbonyl (C=O) groups excluding carboxylic acids is 1. The van der Waals surface area contributed by atoms with Crippen LogP contribution >= 0.6 is 15.9 Å². The maximum absolute atomic E-state index is 12.0. The van der Waals surface area contributed by atoms with Gasteiger partial charge in [-0.2, -0.15) is 0 Å². The Morgan fingerprint density at radius 2 is 2.10 bits per heavy atom. The molecule has 116 valence electrons. The molecule has 6 heteroatoms. The first kappa shape index (κ1) is 16.4.